The van der Waals surface area contributed by atoms with E-state index in [1.54, 1.807) is 6.92 Å². The summed E-state index contributed by atoms with van der Waals surface area (Å²) in [7, 11) is 1.37. The first kappa shape index (κ1) is 15.5. The molecule has 0 amide bonds. The number of carbonyl (C=O) groups excluding carboxylic acids is 1. The summed E-state index contributed by atoms with van der Waals surface area (Å²) in [6, 6.07) is 0. The molecule has 106 valence electrons. The van der Waals surface area contributed by atoms with Gasteiger partial charge in [0.1, 0.15) is 0 Å². The van der Waals surface area contributed by atoms with E-state index in [0.717, 1.165) is 12.3 Å². The second kappa shape index (κ2) is 6.55. The van der Waals surface area contributed by atoms with Gasteiger partial charge < -0.3 is 9.84 Å². The van der Waals surface area contributed by atoms with Crippen molar-refractivity contribution in [1.29, 1.82) is 0 Å². The maximum absolute atomic E-state index is 11.3. The first-order chi connectivity index (χ1) is 8.41. The summed E-state index contributed by atoms with van der Waals surface area (Å²) < 4.78 is 4.65. The lowest BCUT2D eigenvalue weighted by atomic mass is 9.82. The molecule has 3 heteroatoms. The van der Waals surface area contributed by atoms with Crippen molar-refractivity contribution in [3.63, 3.8) is 0 Å². The smallest absolute Gasteiger partial charge is 0.308 e. The molecule has 3 nitrogen and oxygen atoms in total. The van der Waals surface area contributed by atoms with Gasteiger partial charge in [-0.05, 0) is 43.9 Å². The van der Waals surface area contributed by atoms with Gasteiger partial charge in [0.15, 0.2) is 0 Å². The van der Waals surface area contributed by atoms with Crippen molar-refractivity contribution < 1.29 is 14.6 Å². The summed E-state index contributed by atoms with van der Waals surface area (Å²) in [6.07, 6.45) is 5.71. The quantitative estimate of drug-likeness (QED) is 0.743. The number of ether oxygens (including phenoxy) is 1. The summed E-state index contributed by atoms with van der Waals surface area (Å²) >= 11 is 0. The third-order valence-corrected chi connectivity index (χ3v) is 4.50. The van der Waals surface area contributed by atoms with E-state index in [4.69, 9.17) is 0 Å². The minimum absolute atomic E-state index is 0.104. The van der Waals surface area contributed by atoms with Crippen LogP contribution in [0.4, 0.5) is 0 Å². The topological polar surface area (TPSA) is 46.5 Å². The number of methoxy groups -OCH3 is 1. The van der Waals surface area contributed by atoms with E-state index in [-0.39, 0.29) is 12.4 Å². The number of hydrogen-bond acceptors (Lipinski definition) is 3. The van der Waals surface area contributed by atoms with Crippen LogP contribution < -0.4 is 0 Å². The van der Waals surface area contributed by atoms with Gasteiger partial charge in [0.25, 0.3) is 0 Å². The standard InChI is InChI=1S/C15H28O3/c1-5-11-7-12(6-2)13(8-11)9-15(3,17)10-14(16)18-4/h11-13,17H,5-10H2,1-4H3. The van der Waals surface area contributed by atoms with Crippen LogP contribution in [-0.2, 0) is 9.53 Å². The molecular formula is C15H28O3. The molecule has 0 aromatic carbocycles. The second-order valence-electron chi connectivity index (χ2n) is 6.13. The molecule has 0 spiro atoms. The van der Waals surface area contributed by atoms with Crippen LogP contribution in [0.1, 0.15) is 59.3 Å². The molecule has 18 heavy (non-hydrogen) atoms. The fourth-order valence-electron chi connectivity index (χ4n) is 3.44. The van der Waals surface area contributed by atoms with Gasteiger partial charge in [-0.2, -0.15) is 0 Å². The largest absolute Gasteiger partial charge is 0.469 e. The lowest BCUT2D eigenvalue weighted by Gasteiger charge is -2.28. The molecule has 1 aliphatic carbocycles. The summed E-state index contributed by atoms with van der Waals surface area (Å²) in [4.78, 5) is 11.3. The molecule has 0 bridgehead atoms. The van der Waals surface area contributed by atoms with Crippen LogP contribution in [0.5, 0.6) is 0 Å². The van der Waals surface area contributed by atoms with Crippen molar-refractivity contribution in [3.8, 4) is 0 Å². The van der Waals surface area contributed by atoms with Crippen LogP contribution in [0.25, 0.3) is 0 Å². The number of aliphatic hydroxyl groups is 1. The van der Waals surface area contributed by atoms with Gasteiger partial charge in [-0.3, -0.25) is 4.79 Å². The zero-order valence-corrected chi connectivity index (χ0v) is 12.2. The van der Waals surface area contributed by atoms with E-state index in [1.807, 2.05) is 0 Å². The van der Waals surface area contributed by atoms with Crippen molar-refractivity contribution in [3.05, 3.63) is 0 Å². The highest BCUT2D eigenvalue weighted by molar-refractivity contribution is 5.70. The van der Waals surface area contributed by atoms with Gasteiger partial charge in [0.2, 0.25) is 0 Å². The molecule has 1 fully saturated rings. The van der Waals surface area contributed by atoms with Crippen molar-refractivity contribution in [1.82, 2.24) is 0 Å². The van der Waals surface area contributed by atoms with E-state index in [9.17, 15) is 9.90 Å². The molecule has 0 aromatic rings. The highest BCUT2D eigenvalue weighted by atomic mass is 16.5. The Kier molecular flexibility index (Phi) is 5.64. The SMILES string of the molecule is CCC1CC(CC)C(CC(C)(O)CC(=O)OC)C1. The predicted molar refractivity (Wildman–Crippen MR) is 72.2 cm³/mol. The van der Waals surface area contributed by atoms with E-state index in [2.05, 4.69) is 18.6 Å². The van der Waals surface area contributed by atoms with Crippen molar-refractivity contribution in [2.75, 3.05) is 7.11 Å². The predicted octanol–water partition coefficient (Wildman–Crippen LogP) is 3.15. The Morgan fingerprint density at radius 1 is 1.28 bits per heavy atom. The minimum Gasteiger partial charge on any atom is -0.469 e. The minimum atomic E-state index is -0.923. The molecule has 1 aliphatic rings. The number of hydrogen-bond donors (Lipinski definition) is 1. The lowest BCUT2D eigenvalue weighted by molar-refractivity contribution is -0.146. The second-order valence-corrected chi connectivity index (χ2v) is 6.13. The third kappa shape index (κ3) is 4.27. The van der Waals surface area contributed by atoms with E-state index in [1.165, 1.54) is 32.8 Å². The average Bonchev–Trinajstić information content (AvgIpc) is 2.69. The maximum Gasteiger partial charge on any atom is 0.308 e. The van der Waals surface area contributed by atoms with Gasteiger partial charge in [-0.25, -0.2) is 0 Å². The summed E-state index contributed by atoms with van der Waals surface area (Å²) in [6.45, 7) is 6.23. The zero-order valence-electron chi connectivity index (χ0n) is 12.2. The van der Waals surface area contributed by atoms with E-state index < -0.39 is 5.60 Å². The highest BCUT2D eigenvalue weighted by Crippen LogP contribution is 2.44. The molecule has 1 N–H and O–H groups in total. The fraction of sp³-hybridized carbons (Fsp3) is 0.933. The van der Waals surface area contributed by atoms with E-state index in [0.29, 0.717) is 11.8 Å². The van der Waals surface area contributed by atoms with Crippen LogP contribution in [-0.4, -0.2) is 23.8 Å². The Morgan fingerprint density at radius 2 is 1.89 bits per heavy atom. The van der Waals surface area contributed by atoms with Crippen LogP contribution in [0.3, 0.4) is 0 Å². The van der Waals surface area contributed by atoms with Crippen molar-refractivity contribution in [2.24, 2.45) is 17.8 Å². The van der Waals surface area contributed by atoms with Gasteiger partial charge in [-0.15, -0.1) is 0 Å². The molecule has 0 saturated heterocycles. The molecule has 0 radical (unpaired) electrons. The van der Waals surface area contributed by atoms with Crippen LogP contribution in [0.2, 0.25) is 0 Å². The Bertz CT molecular complexity index is 273. The molecule has 4 unspecified atom stereocenters. The van der Waals surface area contributed by atoms with Gasteiger partial charge in [-0.1, -0.05) is 26.7 Å². The molecule has 4 atom stereocenters. The Hall–Kier alpha value is -0.570. The number of rotatable bonds is 6. The molecule has 0 aromatic heterocycles. The summed E-state index contributed by atoms with van der Waals surface area (Å²) in [5.41, 5.74) is -0.923. The van der Waals surface area contributed by atoms with Crippen LogP contribution in [0.15, 0.2) is 0 Å². The van der Waals surface area contributed by atoms with Crippen molar-refractivity contribution in [2.45, 2.75) is 64.9 Å². The van der Waals surface area contributed by atoms with Crippen LogP contribution >= 0.6 is 0 Å². The van der Waals surface area contributed by atoms with E-state index >= 15 is 0 Å². The fourth-order valence-corrected chi connectivity index (χ4v) is 3.44. The molecule has 1 saturated carbocycles. The third-order valence-electron chi connectivity index (χ3n) is 4.50. The summed E-state index contributed by atoms with van der Waals surface area (Å²) in [5.74, 6) is 1.74. The normalized spacial score (nSPS) is 31.1. The average molecular weight is 256 g/mol. The monoisotopic (exact) mass is 256 g/mol. The zero-order chi connectivity index (χ0) is 13.8. The molecule has 0 heterocycles. The van der Waals surface area contributed by atoms with Crippen molar-refractivity contribution >= 4 is 5.97 Å². The highest BCUT2D eigenvalue weighted by Gasteiger charge is 2.37. The van der Waals surface area contributed by atoms with Crippen LogP contribution in [0, 0.1) is 17.8 Å². The molecule has 0 aliphatic heterocycles. The molecule has 1 rings (SSSR count). The van der Waals surface area contributed by atoms with Gasteiger partial charge in [0, 0.05) is 0 Å². The van der Waals surface area contributed by atoms with Gasteiger partial charge >= 0.3 is 5.97 Å². The number of carbonyl (C=O) groups is 1. The first-order valence-electron chi connectivity index (χ1n) is 7.21. The Balaban J connectivity index is 2.56. The number of esters is 1. The molecular weight excluding hydrogens is 228 g/mol. The summed E-state index contributed by atoms with van der Waals surface area (Å²) in [5, 5.41) is 10.3. The lowest BCUT2D eigenvalue weighted by Crippen LogP contribution is -2.32. The Labute approximate surface area is 111 Å². The Morgan fingerprint density at radius 3 is 2.39 bits per heavy atom. The van der Waals surface area contributed by atoms with Gasteiger partial charge in [0.05, 0.1) is 19.1 Å². The maximum atomic E-state index is 11.3. The first-order valence-corrected chi connectivity index (χ1v) is 7.21.